The topological polar surface area (TPSA) is 38.8 Å². The molecule has 0 bridgehead atoms. The van der Waals surface area contributed by atoms with Crippen molar-refractivity contribution in [1.82, 2.24) is 10.2 Å². The number of likely N-dealkylation sites (tertiary alicyclic amines) is 1. The Bertz CT molecular complexity index is 1150. The molecule has 188 valence electrons. The predicted molar refractivity (Wildman–Crippen MR) is 135 cm³/mol. The Labute approximate surface area is 209 Å². The zero-order valence-corrected chi connectivity index (χ0v) is 20.0. The van der Waals surface area contributed by atoms with Gasteiger partial charge in [-0.05, 0) is 86.5 Å². The summed E-state index contributed by atoms with van der Waals surface area (Å²) in [5.74, 6) is -0.970. The Morgan fingerprint density at radius 2 is 1.42 bits per heavy atom. The predicted octanol–water partition coefficient (Wildman–Crippen LogP) is 5.06. The summed E-state index contributed by atoms with van der Waals surface area (Å²) in [6.45, 7) is 3.25. The van der Waals surface area contributed by atoms with Gasteiger partial charge in [0.2, 0.25) is 5.91 Å². The fourth-order valence-corrected chi connectivity index (χ4v) is 5.32. The maximum Gasteiger partial charge on any atom is 0.247 e. The summed E-state index contributed by atoms with van der Waals surface area (Å²) in [4.78, 5) is 19.1. The average Bonchev–Trinajstić information content (AvgIpc) is 3.20. The normalized spacial score (nSPS) is 17.4. The third-order valence-electron chi connectivity index (χ3n) is 7.30. The van der Waals surface area contributed by atoms with Gasteiger partial charge in [-0.15, -0.1) is 0 Å². The maximum atomic E-state index is 14.5. The van der Waals surface area contributed by atoms with Gasteiger partial charge in [-0.3, -0.25) is 4.79 Å². The highest BCUT2D eigenvalue weighted by atomic mass is 19.1. The summed E-state index contributed by atoms with van der Waals surface area (Å²) in [6, 6.07) is 19.2. The third-order valence-corrected chi connectivity index (χ3v) is 7.30. The Kier molecular flexibility index (Phi) is 6.87. The molecule has 5 nitrogen and oxygen atoms in total. The molecular formula is C28H29F3N4O. The molecule has 0 unspecified atom stereocenters. The van der Waals surface area contributed by atoms with Crippen molar-refractivity contribution in [3.63, 3.8) is 0 Å². The van der Waals surface area contributed by atoms with Crippen molar-refractivity contribution in [2.24, 2.45) is 0 Å². The zero-order chi connectivity index (χ0) is 25.1. The quantitative estimate of drug-likeness (QED) is 0.498. The Balaban J connectivity index is 1.23. The molecule has 1 spiro atoms. The van der Waals surface area contributed by atoms with E-state index in [0.29, 0.717) is 31.7 Å². The van der Waals surface area contributed by atoms with Crippen LogP contribution in [0.2, 0.25) is 0 Å². The van der Waals surface area contributed by atoms with Gasteiger partial charge in [0.25, 0.3) is 0 Å². The van der Waals surface area contributed by atoms with E-state index in [2.05, 4.69) is 15.1 Å². The highest BCUT2D eigenvalue weighted by Crippen LogP contribution is 2.37. The average molecular weight is 495 g/mol. The SMILES string of the molecule is O=C1NCN(c2ccccc2F)C12CCN(CCCN(c1ccc(F)cc1)c1ccc(F)cc1)CC2. The standard InChI is InChI=1S/C28H29F3N4O/c29-21-6-10-23(11-7-21)34(24-12-8-22(30)9-13-24)17-3-16-33-18-14-28(15-19-33)27(36)32-20-35(28)26-5-2-1-4-25(26)31/h1-2,4-13H,3,14-20H2,(H,32,36). The summed E-state index contributed by atoms with van der Waals surface area (Å²) in [6.07, 6.45) is 2.06. The number of hydrogen-bond acceptors (Lipinski definition) is 4. The van der Waals surface area contributed by atoms with Crippen LogP contribution in [0.15, 0.2) is 72.8 Å². The monoisotopic (exact) mass is 494 g/mol. The van der Waals surface area contributed by atoms with Gasteiger partial charge in [0, 0.05) is 31.0 Å². The van der Waals surface area contributed by atoms with Gasteiger partial charge in [0.15, 0.2) is 0 Å². The molecule has 0 aromatic heterocycles. The first-order chi connectivity index (χ1) is 17.5. The smallest absolute Gasteiger partial charge is 0.247 e. The number of carbonyl (C=O) groups is 1. The lowest BCUT2D eigenvalue weighted by Crippen LogP contribution is -2.56. The summed E-state index contributed by atoms with van der Waals surface area (Å²) in [5, 5.41) is 2.91. The number of hydrogen-bond donors (Lipinski definition) is 1. The molecule has 5 rings (SSSR count). The van der Waals surface area contributed by atoms with Gasteiger partial charge in [-0.25, -0.2) is 13.2 Å². The second kappa shape index (κ2) is 10.2. The number of rotatable bonds is 7. The van der Waals surface area contributed by atoms with Crippen LogP contribution in [0.5, 0.6) is 0 Å². The number of benzene rings is 3. The number of anilines is 3. The minimum Gasteiger partial charge on any atom is -0.341 e. The highest BCUT2D eigenvalue weighted by Gasteiger charge is 2.50. The molecule has 8 heteroatoms. The van der Waals surface area contributed by atoms with E-state index in [0.717, 1.165) is 37.4 Å². The van der Waals surface area contributed by atoms with E-state index in [1.165, 1.54) is 30.3 Å². The molecule has 2 fully saturated rings. The number of amides is 1. The van der Waals surface area contributed by atoms with Crippen LogP contribution in [0.4, 0.5) is 30.2 Å². The number of carbonyl (C=O) groups excluding carboxylic acids is 1. The van der Waals surface area contributed by atoms with E-state index < -0.39 is 5.54 Å². The van der Waals surface area contributed by atoms with E-state index in [4.69, 9.17) is 0 Å². The van der Waals surface area contributed by atoms with Crippen LogP contribution in [-0.2, 0) is 4.79 Å². The van der Waals surface area contributed by atoms with Gasteiger partial charge in [-0.2, -0.15) is 0 Å². The molecule has 36 heavy (non-hydrogen) atoms. The van der Waals surface area contributed by atoms with Crippen LogP contribution in [0.25, 0.3) is 0 Å². The number of nitrogens with zero attached hydrogens (tertiary/aromatic N) is 3. The van der Waals surface area contributed by atoms with Crippen LogP contribution < -0.4 is 15.1 Å². The molecule has 1 amide bonds. The minimum absolute atomic E-state index is 0.0378. The largest absolute Gasteiger partial charge is 0.341 e. The lowest BCUT2D eigenvalue weighted by atomic mass is 9.85. The fraction of sp³-hybridized carbons (Fsp3) is 0.321. The Hall–Kier alpha value is -3.52. The third kappa shape index (κ3) is 4.78. The molecule has 3 aromatic carbocycles. The van der Waals surface area contributed by atoms with Crippen molar-refractivity contribution in [3.8, 4) is 0 Å². The molecule has 2 aliphatic rings. The number of para-hydroxylation sites is 1. The molecule has 0 saturated carbocycles. The lowest BCUT2D eigenvalue weighted by Gasteiger charge is -2.43. The van der Waals surface area contributed by atoms with Gasteiger partial charge in [-0.1, -0.05) is 12.1 Å². The van der Waals surface area contributed by atoms with Crippen molar-refractivity contribution in [2.45, 2.75) is 24.8 Å². The van der Waals surface area contributed by atoms with Gasteiger partial charge in [0.1, 0.15) is 23.0 Å². The van der Waals surface area contributed by atoms with E-state index in [1.54, 1.807) is 42.5 Å². The molecular weight excluding hydrogens is 465 g/mol. The summed E-state index contributed by atoms with van der Waals surface area (Å²) in [5.41, 5.74) is 1.40. The van der Waals surface area contributed by atoms with Gasteiger partial charge >= 0.3 is 0 Å². The first-order valence-electron chi connectivity index (χ1n) is 12.3. The zero-order valence-electron chi connectivity index (χ0n) is 20.0. The van der Waals surface area contributed by atoms with Crippen LogP contribution >= 0.6 is 0 Å². The van der Waals surface area contributed by atoms with Crippen molar-refractivity contribution in [1.29, 1.82) is 0 Å². The van der Waals surface area contributed by atoms with Crippen LogP contribution in [0.1, 0.15) is 19.3 Å². The lowest BCUT2D eigenvalue weighted by molar-refractivity contribution is -0.125. The van der Waals surface area contributed by atoms with Gasteiger partial charge < -0.3 is 20.0 Å². The van der Waals surface area contributed by atoms with E-state index >= 15 is 0 Å². The minimum atomic E-state index is -0.729. The number of halogens is 3. The van der Waals surface area contributed by atoms with Crippen molar-refractivity contribution in [3.05, 3.63) is 90.2 Å². The highest BCUT2D eigenvalue weighted by molar-refractivity contribution is 5.93. The maximum absolute atomic E-state index is 14.5. The summed E-state index contributed by atoms with van der Waals surface area (Å²) >= 11 is 0. The molecule has 2 aliphatic heterocycles. The van der Waals surface area contributed by atoms with Crippen molar-refractivity contribution < 1.29 is 18.0 Å². The molecule has 3 aromatic rings. The van der Waals surface area contributed by atoms with Crippen molar-refractivity contribution in [2.75, 3.05) is 42.6 Å². The van der Waals surface area contributed by atoms with Crippen LogP contribution in [-0.4, -0.2) is 49.2 Å². The second-order valence-corrected chi connectivity index (χ2v) is 9.37. The van der Waals surface area contributed by atoms with Crippen molar-refractivity contribution >= 4 is 23.0 Å². The Morgan fingerprint density at radius 1 is 0.833 bits per heavy atom. The first kappa shape index (κ1) is 24.2. The molecule has 0 radical (unpaired) electrons. The van der Waals surface area contributed by atoms with E-state index in [9.17, 15) is 18.0 Å². The summed E-state index contributed by atoms with van der Waals surface area (Å²) < 4.78 is 41.5. The van der Waals surface area contributed by atoms with Crippen LogP contribution in [0, 0.1) is 17.5 Å². The molecule has 0 atom stereocenters. The molecule has 0 aliphatic carbocycles. The Morgan fingerprint density at radius 3 is 2.00 bits per heavy atom. The van der Waals surface area contributed by atoms with E-state index in [-0.39, 0.29) is 23.4 Å². The summed E-state index contributed by atoms with van der Waals surface area (Å²) in [7, 11) is 0. The van der Waals surface area contributed by atoms with E-state index in [1.807, 2.05) is 4.90 Å². The molecule has 2 saturated heterocycles. The number of piperidine rings is 1. The first-order valence-corrected chi connectivity index (χ1v) is 12.3. The fourth-order valence-electron chi connectivity index (χ4n) is 5.32. The second-order valence-electron chi connectivity index (χ2n) is 9.37. The molecule has 2 heterocycles. The number of nitrogens with one attached hydrogen (secondary N) is 1. The molecule has 1 N–H and O–H groups in total. The van der Waals surface area contributed by atoms with Crippen LogP contribution in [0.3, 0.4) is 0 Å². The van der Waals surface area contributed by atoms with Gasteiger partial charge in [0.05, 0.1) is 12.4 Å².